The lowest BCUT2D eigenvalue weighted by atomic mass is 10.1. The third-order valence-electron chi connectivity index (χ3n) is 2.93. The zero-order chi connectivity index (χ0) is 12.6. The Hall–Kier alpha value is -1.97. The first-order valence-electron chi connectivity index (χ1n) is 5.52. The molecule has 0 amide bonds. The maximum absolute atomic E-state index is 11.2. The van der Waals surface area contributed by atoms with E-state index in [9.17, 15) is 9.90 Å². The molecule has 2 rings (SSSR count). The van der Waals surface area contributed by atoms with Crippen LogP contribution < -0.4 is 4.74 Å². The summed E-state index contributed by atoms with van der Waals surface area (Å²) in [6.45, 7) is 4.29. The number of aromatic nitrogens is 1. The van der Waals surface area contributed by atoms with E-state index in [0.717, 1.165) is 22.2 Å². The topological polar surface area (TPSA) is 51.5 Å². The van der Waals surface area contributed by atoms with Gasteiger partial charge in [-0.25, -0.2) is 4.79 Å². The number of hydrogen-bond acceptors (Lipinski definition) is 2. The third-order valence-corrected chi connectivity index (χ3v) is 2.93. The number of aromatic carboxylic acids is 1. The highest BCUT2D eigenvalue weighted by Crippen LogP contribution is 2.31. The predicted molar refractivity (Wildman–Crippen MR) is 65.8 cm³/mol. The number of benzene rings is 1. The molecule has 0 aliphatic heterocycles. The van der Waals surface area contributed by atoms with Crippen LogP contribution in [-0.4, -0.2) is 22.2 Å². The Morgan fingerprint density at radius 1 is 1.47 bits per heavy atom. The molecule has 0 saturated carbocycles. The summed E-state index contributed by atoms with van der Waals surface area (Å²) in [6, 6.07) is 5.66. The highest BCUT2D eigenvalue weighted by atomic mass is 16.5. The van der Waals surface area contributed by atoms with E-state index in [1.54, 1.807) is 11.6 Å². The van der Waals surface area contributed by atoms with E-state index in [-0.39, 0.29) is 0 Å². The van der Waals surface area contributed by atoms with Gasteiger partial charge < -0.3 is 14.4 Å². The van der Waals surface area contributed by atoms with Crippen molar-refractivity contribution in [1.29, 1.82) is 0 Å². The van der Waals surface area contributed by atoms with Gasteiger partial charge in [-0.05, 0) is 25.5 Å². The number of rotatable bonds is 3. The summed E-state index contributed by atoms with van der Waals surface area (Å²) in [6.07, 6.45) is 0. The fraction of sp³-hybridized carbons (Fsp3) is 0.308. The minimum absolute atomic E-state index is 0.312. The van der Waals surface area contributed by atoms with Crippen molar-refractivity contribution in [3.8, 4) is 5.75 Å². The summed E-state index contributed by atoms with van der Waals surface area (Å²) in [7, 11) is 1.75. The monoisotopic (exact) mass is 233 g/mol. The molecule has 0 spiro atoms. The smallest absolute Gasteiger partial charge is 0.352 e. The van der Waals surface area contributed by atoms with Gasteiger partial charge in [0.25, 0.3) is 0 Å². The second-order valence-electron chi connectivity index (χ2n) is 3.92. The van der Waals surface area contributed by atoms with Gasteiger partial charge in [-0.15, -0.1) is 0 Å². The molecule has 0 aliphatic carbocycles. The molecule has 0 radical (unpaired) electrons. The summed E-state index contributed by atoms with van der Waals surface area (Å²) in [4.78, 5) is 11.2. The molecule has 1 heterocycles. The number of carboxylic acid groups (broad SMARTS) is 1. The molecule has 1 aromatic carbocycles. The minimum atomic E-state index is -0.913. The van der Waals surface area contributed by atoms with Gasteiger partial charge in [-0.3, -0.25) is 0 Å². The highest BCUT2D eigenvalue weighted by Gasteiger charge is 2.19. The number of aryl methyl sites for hydroxylation is 2. The second-order valence-corrected chi connectivity index (χ2v) is 3.92. The summed E-state index contributed by atoms with van der Waals surface area (Å²) in [5.74, 6) is -0.188. The average molecular weight is 233 g/mol. The Labute approximate surface area is 99.4 Å². The van der Waals surface area contributed by atoms with Gasteiger partial charge in [-0.1, -0.05) is 12.1 Å². The molecule has 0 saturated heterocycles. The van der Waals surface area contributed by atoms with Crippen molar-refractivity contribution < 1.29 is 14.6 Å². The van der Waals surface area contributed by atoms with Crippen molar-refractivity contribution in [2.24, 2.45) is 7.05 Å². The van der Waals surface area contributed by atoms with E-state index < -0.39 is 5.97 Å². The maximum atomic E-state index is 11.2. The maximum Gasteiger partial charge on any atom is 0.352 e. The number of ether oxygens (including phenoxy) is 1. The van der Waals surface area contributed by atoms with Crippen LogP contribution in [0.5, 0.6) is 5.75 Å². The van der Waals surface area contributed by atoms with Gasteiger partial charge in [0.15, 0.2) is 0 Å². The summed E-state index contributed by atoms with van der Waals surface area (Å²) in [5.41, 5.74) is 1.92. The lowest BCUT2D eigenvalue weighted by molar-refractivity contribution is 0.0686. The summed E-state index contributed by atoms with van der Waals surface area (Å²) < 4.78 is 7.21. The van der Waals surface area contributed by atoms with Crippen LogP contribution in [-0.2, 0) is 7.05 Å². The van der Waals surface area contributed by atoms with Crippen LogP contribution in [0.2, 0.25) is 0 Å². The van der Waals surface area contributed by atoms with Crippen LogP contribution in [0.25, 0.3) is 10.9 Å². The zero-order valence-corrected chi connectivity index (χ0v) is 10.2. The Balaban J connectivity index is 2.82. The lowest BCUT2D eigenvalue weighted by Crippen LogP contribution is -2.06. The van der Waals surface area contributed by atoms with Crippen LogP contribution in [0.1, 0.15) is 23.0 Å². The van der Waals surface area contributed by atoms with Gasteiger partial charge in [0.05, 0.1) is 12.1 Å². The fourth-order valence-corrected chi connectivity index (χ4v) is 2.24. The fourth-order valence-electron chi connectivity index (χ4n) is 2.24. The Kier molecular flexibility index (Phi) is 2.79. The quantitative estimate of drug-likeness (QED) is 0.886. The molecule has 17 heavy (non-hydrogen) atoms. The lowest BCUT2D eigenvalue weighted by Gasteiger charge is -2.07. The largest absolute Gasteiger partial charge is 0.492 e. The Bertz CT molecular complexity index is 584. The highest BCUT2D eigenvalue weighted by molar-refractivity contribution is 6.00. The van der Waals surface area contributed by atoms with Gasteiger partial charge >= 0.3 is 5.97 Å². The summed E-state index contributed by atoms with van der Waals surface area (Å²) >= 11 is 0. The number of nitrogens with zero attached hydrogens (tertiary/aromatic N) is 1. The van der Waals surface area contributed by atoms with Gasteiger partial charge in [0.2, 0.25) is 0 Å². The van der Waals surface area contributed by atoms with E-state index in [4.69, 9.17) is 4.74 Å². The van der Waals surface area contributed by atoms with Crippen molar-refractivity contribution in [3.05, 3.63) is 29.5 Å². The predicted octanol–water partition coefficient (Wildman–Crippen LogP) is 2.58. The number of hydrogen-bond donors (Lipinski definition) is 1. The van der Waals surface area contributed by atoms with Gasteiger partial charge in [-0.2, -0.15) is 0 Å². The molecular formula is C13H15NO3. The first-order valence-corrected chi connectivity index (χ1v) is 5.52. The first-order chi connectivity index (χ1) is 8.07. The second kappa shape index (κ2) is 4.13. The molecular weight excluding hydrogens is 218 g/mol. The molecule has 1 N–H and O–H groups in total. The molecule has 2 aromatic rings. The van der Waals surface area contributed by atoms with Gasteiger partial charge in [0.1, 0.15) is 11.4 Å². The van der Waals surface area contributed by atoms with Crippen molar-refractivity contribution >= 4 is 16.9 Å². The third kappa shape index (κ3) is 1.65. The van der Waals surface area contributed by atoms with Crippen LogP contribution >= 0.6 is 0 Å². The molecule has 0 bridgehead atoms. The van der Waals surface area contributed by atoms with E-state index in [2.05, 4.69) is 0 Å². The van der Waals surface area contributed by atoms with E-state index >= 15 is 0 Å². The van der Waals surface area contributed by atoms with Crippen LogP contribution in [0.15, 0.2) is 18.2 Å². The van der Waals surface area contributed by atoms with Crippen LogP contribution in [0, 0.1) is 6.92 Å². The summed E-state index contributed by atoms with van der Waals surface area (Å²) in [5, 5.41) is 10.1. The molecule has 0 fully saturated rings. The Morgan fingerprint density at radius 2 is 2.18 bits per heavy atom. The van der Waals surface area contributed by atoms with Crippen molar-refractivity contribution in [2.45, 2.75) is 13.8 Å². The van der Waals surface area contributed by atoms with Crippen LogP contribution in [0.4, 0.5) is 0 Å². The standard InChI is InChI=1S/C13H15NO3/c1-4-17-10-7-5-6-9-8(2)11(13(15)16)14(3)12(9)10/h5-7H,4H2,1-3H3,(H,15,16). The van der Waals surface area contributed by atoms with E-state index in [1.807, 2.05) is 32.0 Å². The number of carboxylic acids is 1. The van der Waals surface area contributed by atoms with E-state index in [0.29, 0.717) is 12.3 Å². The molecule has 0 aliphatic rings. The normalized spacial score (nSPS) is 10.8. The molecule has 1 aromatic heterocycles. The molecule has 0 atom stereocenters. The number of para-hydroxylation sites is 1. The SMILES string of the molecule is CCOc1cccc2c(C)c(C(=O)O)n(C)c12. The number of carbonyl (C=O) groups is 1. The molecule has 4 heteroatoms. The zero-order valence-electron chi connectivity index (χ0n) is 10.2. The Morgan fingerprint density at radius 3 is 2.76 bits per heavy atom. The molecule has 0 unspecified atom stereocenters. The average Bonchev–Trinajstić information content (AvgIpc) is 2.53. The van der Waals surface area contributed by atoms with E-state index in [1.165, 1.54) is 0 Å². The van der Waals surface area contributed by atoms with Crippen molar-refractivity contribution in [2.75, 3.05) is 6.61 Å². The number of fused-ring (bicyclic) bond motifs is 1. The first kappa shape index (κ1) is 11.5. The molecule has 4 nitrogen and oxygen atoms in total. The minimum Gasteiger partial charge on any atom is -0.492 e. The van der Waals surface area contributed by atoms with Gasteiger partial charge in [0, 0.05) is 12.4 Å². The van der Waals surface area contributed by atoms with Crippen molar-refractivity contribution in [1.82, 2.24) is 4.57 Å². The molecule has 90 valence electrons. The van der Waals surface area contributed by atoms with Crippen LogP contribution in [0.3, 0.4) is 0 Å². The van der Waals surface area contributed by atoms with Crippen molar-refractivity contribution in [3.63, 3.8) is 0 Å².